The molecule has 1 unspecified atom stereocenters. The number of hydrogen-bond acceptors (Lipinski definition) is 5. The quantitative estimate of drug-likeness (QED) is 0.744. The third-order valence-electron chi connectivity index (χ3n) is 2.79. The van der Waals surface area contributed by atoms with E-state index in [1.165, 1.54) is 11.3 Å². The Labute approximate surface area is 113 Å². The molecule has 2 heterocycles. The van der Waals surface area contributed by atoms with Crippen molar-refractivity contribution < 1.29 is 9.21 Å². The number of benzene rings is 1. The molecule has 0 bridgehead atoms. The van der Waals surface area contributed by atoms with Crippen LogP contribution >= 0.6 is 11.3 Å². The molecule has 0 amide bonds. The van der Waals surface area contributed by atoms with Gasteiger partial charge >= 0.3 is 0 Å². The van der Waals surface area contributed by atoms with Crippen molar-refractivity contribution in [3.8, 4) is 0 Å². The number of thiazole rings is 1. The Balaban J connectivity index is 1.98. The Kier molecular flexibility index (Phi) is 2.93. The zero-order valence-electron chi connectivity index (χ0n) is 10.3. The molecule has 2 aromatic heterocycles. The molecule has 3 aromatic rings. The Hall–Kier alpha value is -1.98. The van der Waals surface area contributed by atoms with Gasteiger partial charge in [0.1, 0.15) is 16.3 Å². The summed E-state index contributed by atoms with van der Waals surface area (Å²) in [6, 6.07) is 9.09. The first-order valence-corrected chi connectivity index (χ1v) is 6.77. The fraction of sp³-hybridized carbons (Fsp3) is 0.143. The van der Waals surface area contributed by atoms with Crippen molar-refractivity contribution in [3.63, 3.8) is 0 Å². The molecule has 0 fully saturated rings. The molecule has 96 valence electrons. The summed E-state index contributed by atoms with van der Waals surface area (Å²) in [7, 11) is 0. The molecular formula is C14H12N2O2S. The molecule has 5 heteroatoms. The SMILES string of the molecule is CC(N)c1nc(C(=O)c2cc3ccccc3o2)cs1. The van der Waals surface area contributed by atoms with Gasteiger partial charge < -0.3 is 10.2 Å². The lowest BCUT2D eigenvalue weighted by atomic mass is 10.2. The van der Waals surface area contributed by atoms with Crippen molar-refractivity contribution in [1.82, 2.24) is 4.98 Å². The van der Waals surface area contributed by atoms with Gasteiger partial charge in [0.15, 0.2) is 5.76 Å². The van der Waals surface area contributed by atoms with Gasteiger partial charge in [-0.05, 0) is 19.1 Å². The molecule has 0 saturated carbocycles. The molecule has 0 saturated heterocycles. The first-order chi connectivity index (χ1) is 9.15. The number of carbonyl (C=O) groups excluding carboxylic acids is 1. The maximum atomic E-state index is 12.3. The second kappa shape index (κ2) is 4.60. The van der Waals surface area contributed by atoms with Gasteiger partial charge in [0.05, 0.1) is 6.04 Å². The maximum Gasteiger partial charge on any atom is 0.247 e. The van der Waals surface area contributed by atoms with Crippen LogP contribution in [0, 0.1) is 0 Å². The third kappa shape index (κ3) is 2.18. The summed E-state index contributed by atoms with van der Waals surface area (Å²) in [6.45, 7) is 1.84. The molecule has 2 N–H and O–H groups in total. The fourth-order valence-corrected chi connectivity index (χ4v) is 2.58. The number of fused-ring (bicyclic) bond motifs is 1. The average Bonchev–Trinajstić information content (AvgIpc) is 3.04. The van der Waals surface area contributed by atoms with Crippen molar-refractivity contribution in [2.45, 2.75) is 13.0 Å². The van der Waals surface area contributed by atoms with E-state index in [-0.39, 0.29) is 11.8 Å². The summed E-state index contributed by atoms with van der Waals surface area (Å²) in [5, 5.41) is 3.38. The molecule has 0 aliphatic heterocycles. The highest BCUT2D eigenvalue weighted by Gasteiger charge is 2.18. The summed E-state index contributed by atoms with van der Waals surface area (Å²) in [4.78, 5) is 16.5. The summed E-state index contributed by atoms with van der Waals surface area (Å²) >= 11 is 1.39. The number of furan rings is 1. The highest BCUT2D eigenvalue weighted by Crippen LogP contribution is 2.23. The fourth-order valence-electron chi connectivity index (χ4n) is 1.82. The Morgan fingerprint density at radius 3 is 2.89 bits per heavy atom. The lowest BCUT2D eigenvalue weighted by molar-refractivity contribution is 0.101. The lowest BCUT2D eigenvalue weighted by Crippen LogP contribution is -2.06. The normalized spacial score (nSPS) is 12.7. The standard InChI is InChI=1S/C14H12N2O2S/c1-8(15)14-16-10(7-19-14)13(17)12-6-9-4-2-3-5-11(9)18-12/h2-8H,15H2,1H3. The minimum Gasteiger partial charge on any atom is -0.453 e. The van der Waals surface area contributed by atoms with Crippen molar-refractivity contribution in [1.29, 1.82) is 0 Å². The molecule has 4 nitrogen and oxygen atoms in total. The highest BCUT2D eigenvalue weighted by atomic mass is 32.1. The Morgan fingerprint density at radius 2 is 2.21 bits per heavy atom. The van der Waals surface area contributed by atoms with E-state index in [1.54, 1.807) is 11.4 Å². The Morgan fingerprint density at radius 1 is 1.42 bits per heavy atom. The first-order valence-electron chi connectivity index (χ1n) is 5.89. The van der Waals surface area contributed by atoms with Crippen LogP contribution in [0.2, 0.25) is 0 Å². The second-order valence-electron chi connectivity index (χ2n) is 4.34. The van der Waals surface area contributed by atoms with Gasteiger partial charge in [-0.15, -0.1) is 11.3 Å². The Bertz CT molecular complexity index is 710. The molecule has 0 aliphatic rings. The van der Waals surface area contributed by atoms with Crippen LogP contribution in [0.15, 0.2) is 40.1 Å². The van der Waals surface area contributed by atoms with Crippen molar-refractivity contribution >= 4 is 28.1 Å². The zero-order chi connectivity index (χ0) is 13.4. The second-order valence-corrected chi connectivity index (χ2v) is 5.23. The minimum atomic E-state index is -0.209. The predicted octanol–water partition coefficient (Wildman–Crippen LogP) is 3.14. The lowest BCUT2D eigenvalue weighted by Gasteiger charge is -1.96. The molecule has 1 atom stereocenters. The molecule has 0 radical (unpaired) electrons. The summed E-state index contributed by atoms with van der Waals surface area (Å²) in [5.74, 6) is 0.0991. The number of rotatable bonds is 3. The van der Waals surface area contributed by atoms with Crippen LogP contribution in [-0.4, -0.2) is 10.8 Å². The van der Waals surface area contributed by atoms with E-state index in [0.717, 1.165) is 10.4 Å². The van der Waals surface area contributed by atoms with Gasteiger partial charge in [0, 0.05) is 10.8 Å². The van der Waals surface area contributed by atoms with Gasteiger partial charge in [-0.3, -0.25) is 4.79 Å². The van der Waals surface area contributed by atoms with Crippen molar-refractivity contribution in [3.05, 3.63) is 52.2 Å². The molecule has 0 spiro atoms. The monoisotopic (exact) mass is 272 g/mol. The number of carbonyl (C=O) groups is 1. The first kappa shape index (κ1) is 12.1. The van der Waals surface area contributed by atoms with E-state index in [4.69, 9.17) is 10.2 Å². The van der Waals surface area contributed by atoms with Crippen LogP contribution in [0.3, 0.4) is 0 Å². The third-order valence-corrected chi connectivity index (χ3v) is 3.84. The molecule has 1 aromatic carbocycles. The molecular weight excluding hydrogens is 260 g/mol. The maximum absolute atomic E-state index is 12.3. The minimum absolute atomic E-state index is 0.165. The van der Waals surface area contributed by atoms with Gasteiger partial charge in [-0.2, -0.15) is 0 Å². The number of ketones is 1. The molecule has 0 aliphatic carbocycles. The molecule has 19 heavy (non-hydrogen) atoms. The smallest absolute Gasteiger partial charge is 0.247 e. The predicted molar refractivity (Wildman–Crippen MR) is 74.4 cm³/mol. The number of nitrogens with two attached hydrogens (primary N) is 1. The van der Waals surface area contributed by atoms with E-state index >= 15 is 0 Å². The number of nitrogens with zero attached hydrogens (tertiary/aromatic N) is 1. The number of para-hydroxylation sites is 1. The van der Waals surface area contributed by atoms with Crippen LogP contribution in [0.25, 0.3) is 11.0 Å². The van der Waals surface area contributed by atoms with Gasteiger partial charge in [0.2, 0.25) is 5.78 Å². The van der Waals surface area contributed by atoms with E-state index in [2.05, 4.69) is 4.98 Å². The zero-order valence-corrected chi connectivity index (χ0v) is 11.1. The van der Waals surface area contributed by atoms with Crippen LogP contribution < -0.4 is 5.73 Å². The van der Waals surface area contributed by atoms with Crippen LogP contribution in [0.5, 0.6) is 0 Å². The topological polar surface area (TPSA) is 69.1 Å². The summed E-state index contributed by atoms with van der Waals surface area (Å²) in [6.07, 6.45) is 0. The van der Waals surface area contributed by atoms with Gasteiger partial charge in [-0.25, -0.2) is 4.98 Å². The number of hydrogen-bond donors (Lipinski definition) is 1. The average molecular weight is 272 g/mol. The van der Waals surface area contributed by atoms with Gasteiger partial charge in [0.25, 0.3) is 0 Å². The van der Waals surface area contributed by atoms with Crippen molar-refractivity contribution in [2.24, 2.45) is 5.73 Å². The van der Waals surface area contributed by atoms with E-state index in [0.29, 0.717) is 17.0 Å². The van der Waals surface area contributed by atoms with Crippen molar-refractivity contribution in [2.75, 3.05) is 0 Å². The summed E-state index contributed by atoms with van der Waals surface area (Å²) in [5.41, 5.74) is 6.83. The van der Waals surface area contributed by atoms with Crippen LogP contribution in [0.1, 0.15) is 34.2 Å². The van der Waals surface area contributed by atoms with E-state index in [9.17, 15) is 4.79 Å². The van der Waals surface area contributed by atoms with Crippen LogP contribution in [-0.2, 0) is 0 Å². The van der Waals surface area contributed by atoms with E-state index in [1.807, 2.05) is 31.2 Å². The van der Waals surface area contributed by atoms with E-state index < -0.39 is 0 Å². The summed E-state index contributed by atoms with van der Waals surface area (Å²) < 4.78 is 5.54. The van der Waals surface area contributed by atoms with Gasteiger partial charge in [-0.1, -0.05) is 18.2 Å². The highest BCUT2D eigenvalue weighted by molar-refractivity contribution is 7.09. The largest absolute Gasteiger partial charge is 0.453 e. The number of aromatic nitrogens is 1. The molecule has 3 rings (SSSR count). The van der Waals surface area contributed by atoms with Crippen LogP contribution in [0.4, 0.5) is 0 Å².